The van der Waals surface area contributed by atoms with Crippen LogP contribution in [0, 0.1) is 0 Å². The zero-order chi connectivity index (χ0) is 13.1. The topological polar surface area (TPSA) is 44.8 Å². The van der Waals surface area contributed by atoms with Crippen molar-refractivity contribution in [3.8, 4) is 0 Å². The first-order chi connectivity index (χ1) is 8.16. The zero-order valence-corrected chi connectivity index (χ0v) is 10.9. The third-order valence-electron chi connectivity index (χ3n) is 1.66. The van der Waals surface area contributed by atoms with Crippen LogP contribution in [0.2, 0.25) is 0 Å². The Hall–Kier alpha value is -1.27. The highest BCUT2D eigenvalue weighted by molar-refractivity contribution is 6.94. The summed E-state index contributed by atoms with van der Waals surface area (Å²) in [5.41, 5.74) is 0. The van der Waals surface area contributed by atoms with Crippen molar-refractivity contribution in [1.82, 2.24) is 0 Å². The minimum Gasteiger partial charge on any atom is -0.364 e. The Labute approximate surface area is 103 Å². The van der Waals surface area contributed by atoms with Crippen LogP contribution in [-0.2, 0) is 18.1 Å². The predicted octanol–water partition coefficient (Wildman–Crippen LogP) is 1.83. The van der Waals surface area contributed by atoms with E-state index in [0.29, 0.717) is 0 Å². The summed E-state index contributed by atoms with van der Waals surface area (Å²) < 4.78 is 16.2. The van der Waals surface area contributed by atoms with Gasteiger partial charge in [-0.15, -0.1) is 19.7 Å². The number of hydrogen-bond donors (Lipinski definition) is 0. The number of carbonyl (C=O) groups excluding carboxylic acids is 1. The van der Waals surface area contributed by atoms with Crippen LogP contribution in [-0.4, -0.2) is 34.0 Å². The summed E-state index contributed by atoms with van der Waals surface area (Å²) in [4.78, 5) is 11.8. The maximum atomic E-state index is 11.8. The highest BCUT2D eigenvalue weighted by Crippen LogP contribution is 2.12. The maximum absolute atomic E-state index is 11.8. The molecule has 0 amide bonds. The molecule has 0 spiro atoms. The van der Waals surface area contributed by atoms with Crippen LogP contribution in [0.3, 0.4) is 0 Å². The van der Waals surface area contributed by atoms with Gasteiger partial charge in [0.05, 0.1) is 19.8 Å². The van der Waals surface area contributed by atoms with Crippen LogP contribution in [0.25, 0.3) is 0 Å². The van der Waals surface area contributed by atoms with Gasteiger partial charge in [0, 0.05) is 0 Å². The van der Waals surface area contributed by atoms with Crippen LogP contribution in [0.5, 0.6) is 0 Å². The van der Waals surface area contributed by atoms with E-state index in [9.17, 15) is 4.79 Å². The average Bonchev–Trinajstić information content (AvgIpc) is 2.37. The standard InChI is InChI=1S/C12H18O4Si/c1-5-9-14-17(12(13)8-4,15-10-6-2)16-11-7-3/h5-8H,1-4,9-11H2. The number of carbonyl (C=O) groups is 1. The van der Waals surface area contributed by atoms with E-state index in [1.165, 1.54) is 18.2 Å². The van der Waals surface area contributed by atoms with Crippen LogP contribution in [0.1, 0.15) is 0 Å². The van der Waals surface area contributed by atoms with Crippen LogP contribution >= 0.6 is 0 Å². The number of hydrogen-bond acceptors (Lipinski definition) is 4. The van der Waals surface area contributed by atoms with Crippen LogP contribution in [0.15, 0.2) is 50.6 Å². The lowest BCUT2D eigenvalue weighted by Crippen LogP contribution is -2.53. The Morgan fingerprint density at radius 3 is 1.47 bits per heavy atom. The Morgan fingerprint density at radius 1 is 0.882 bits per heavy atom. The van der Waals surface area contributed by atoms with E-state index in [0.717, 1.165) is 6.08 Å². The monoisotopic (exact) mass is 254 g/mol. The largest absolute Gasteiger partial charge is 0.580 e. The van der Waals surface area contributed by atoms with Gasteiger partial charge < -0.3 is 13.3 Å². The predicted molar refractivity (Wildman–Crippen MR) is 69.4 cm³/mol. The Morgan fingerprint density at radius 2 is 1.24 bits per heavy atom. The molecule has 5 heteroatoms. The van der Waals surface area contributed by atoms with Crippen molar-refractivity contribution in [2.75, 3.05) is 19.8 Å². The molecule has 0 N–H and O–H groups in total. The summed E-state index contributed by atoms with van der Waals surface area (Å²) in [6, 6.07) is 0. The highest BCUT2D eigenvalue weighted by atomic mass is 28.4. The molecule has 0 saturated heterocycles. The summed E-state index contributed by atoms with van der Waals surface area (Å²) in [6.45, 7) is 14.5. The lowest BCUT2D eigenvalue weighted by molar-refractivity contribution is -0.114. The minimum atomic E-state index is -3.43. The van der Waals surface area contributed by atoms with Crippen molar-refractivity contribution >= 4 is 14.2 Å². The van der Waals surface area contributed by atoms with E-state index in [1.807, 2.05) is 0 Å². The molecule has 94 valence electrons. The van der Waals surface area contributed by atoms with Crippen molar-refractivity contribution in [3.63, 3.8) is 0 Å². The quantitative estimate of drug-likeness (QED) is 0.320. The van der Waals surface area contributed by atoms with E-state index in [1.54, 1.807) is 0 Å². The molecule has 0 aliphatic heterocycles. The Kier molecular flexibility index (Phi) is 8.17. The number of rotatable bonds is 11. The first kappa shape index (κ1) is 15.7. The van der Waals surface area contributed by atoms with Gasteiger partial charge >= 0.3 is 8.80 Å². The van der Waals surface area contributed by atoms with Gasteiger partial charge in [-0.2, -0.15) is 0 Å². The molecule has 0 rings (SSSR count). The molecule has 0 unspecified atom stereocenters. The van der Waals surface area contributed by atoms with Gasteiger partial charge in [0.25, 0.3) is 0 Å². The van der Waals surface area contributed by atoms with E-state index in [-0.39, 0.29) is 25.2 Å². The molecule has 0 heterocycles. The fourth-order valence-electron chi connectivity index (χ4n) is 0.969. The summed E-state index contributed by atoms with van der Waals surface area (Å²) in [6.07, 6.45) is 5.70. The van der Waals surface area contributed by atoms with Crippen molar-refractivity contribution in [2.45, 2.75) is 0 Å². The third-order valence-corrected chi connectivity index (χ3v) is 4.11. The first-order valence-electron chi connectivity index (χ1n) is 5.08. The second kappa shape index (κ2) is 8.83. The Bertz CT molecular complexity index is 268. The number of allylic oxidation sites excluding steroid dienone is 1. The lowest BCUT2D eigenvalue weighted by Gasteiger charge is -2.25. The molecular weight excluding hydrogens is 236 g/mol. The molecule has 0 fully saturated rings. The molecule has 0 aliphatic carbocycles. The molecule has 0 aromatic heterocycles. The van der Waals surface area contributed by atoms with Crippen molar-refractivity contribution < 1.29 is 18.1 Å². The normalized spacial score (nSPS) is 10.6. The lowest BCUT2D eigenvalue weighted by atomic mass is 10.7. The fraction of sp³-hybridized carbons (Fsp3) is 0.250. The molecule has 17 heavy (non-hydrogen) atoms. The van der Waals surface area contributed by atoms with Gasteiger partial charge in [0.2, 0.25) is 5.41 Å². The molecule has 0 aliphatic rings. The SMILES string of the molecule is C=CCO[Si](OCC=C)(OCC=C)C(=O)C=C. The van der Waals surface area contributed by atoms with E-state index >= 15 is 0 Å². The first-order valence-corrected chi connectivity index (χ1v) is 6.80. The molecule has 0 aromatic carbocycles. The molecule has 0 saturated carbocycles. The van der Waals surface area contributed by atoms with Crippen molar-refractivity contribution in [1.29, 1.82) is 0 Å². The molecular formula is C12H18O4Si. The molecule has 0 bridgehead atoms. The second-order valence-corrected chi connectivity index (χ2v) is 5.39. The van der Waals surface area contributed by atoms with Gasteiger partial charge in [-0.05, 0) is 6.08 Å². The molecule has 0 atom stereocenters. The molecule has 0 aromatic rings. The maximum Gasteiger partial charge on any atom is 0.580 e. The molecule has 0 radical (unpaired) electrons. The van der Waals surface area contributed by atoms with Gasteiger partial charge in [-0.1, -0.05) is 24.8 Å². The third kappa shape index (κ3) is 5.05. The summed E-state index contributed by atoms with van der Waals surface area (Å²) >= 11 is 0. The zero-order valence-electron chi connectivity index (χ0n) is 9.89. The van der Waals surface area contributed by atoms with Gasteiger partial charge in [0.15, 0.2) is 0 Å². The van der Waals surface area contributed by atoms with E-state index in [4.69, 9.17) is 13.3 Å². The minimum absolute atomic E-state index is 0.167. The highest BCUT2D eigenvalue weighted by Gasteiger charge is 2.48. The van der Waals surface area contributed by atoms with E-state index in [2.05, 4.69) is 26.3 Å². The van der Waals surface area contributed by atoms with Gasteiger partial charge in [-0.3, -0.25) is 4.79 Å². The van der Waals surface area contributed by atoms with Crippen molar-refractivity contribution in [2.24, 2.45) is 0 Å². The average molecular weight is 254 g/mol. The van der Waals surface area contributed by atoms with Gasteiger partial charge in [-0.25, -0.2) is 0 Å². The summed E-state index contributed by atoms with van der Waals surface area (Å²) in [5, 5.41) is -0.386. The second-order valence-electron chi connectivity index (χ2n) is 2.92. The summed E-state index contributed by atoms with van der Waals surface area (Å²) in [7, 11) is -3.43. The Balaban J connectivity index is 4.93. The van der Waals surface area contributed by atoms with Crippen LogP contribution < -0.4 is 0 Å². The smallest absolute Gasteiger partial charge is 0.364 e. The van der Waals surface area contributed by atoms with Gasteiger partial charge in [0.1, 0.15) is 0 Å². The van der Waals surface area contributed by atoms with Crippen molar-refractivity contribution in [3.05, 3.63) is 50.6 Å². The van der Waals surface area contributed by atoms with Crippen LogP contribution in [0.4, 0.5) is 0 Å². The molecule has 4 nitrogen and oxygen atoms in total. The van der Waals surface area contributed by atoms with E-state index < -0.39 is 8.80 Å². The summed E-state index contributed by atoms with van der Waals surface area (Å²) in [5.74, 6) is 0. The fourth-order valence-corrected chi connectivity index (χ4v) is 2.91.